The number of aliphatic imine (C=N–C) groups is 2. The van der Waals surface area contributed by atoms with Crippen LogP contribution in [-0.2, 0) is 0 Å². The SMILES string of the molecule is c1ccc(-c2ccc(C3=NC(c4ccccc4)NC(c4cc5c6ccccc6oc5c5c4sc4ccccc45)=N3)cc2)cc1. The van der Waals surface area contributed by atoms with Crippen LogP contribution in [0.25, 0.3) is 53.2 Å². The third kappa shape index (κ3) is 4.05. The molecule has 1 aliphatic rings. The molecular weight excluding hydrogens is 559 g/mol. The van der Waals surface area contributed by atoms with E-state index in [9.17, 15) is 0 Å². The van der Waals surface area contributed by atoms with Gasteiger partial charge in [-0.2, -0.15) is 0 Å². The molecule has 0 spiro atoms. The number of thiophene rings is 1. The fourth-order valence-electron chi connectivity index (χ4n) is 6.20. The van der Waals surface area contributed by atoms with Crippen LogP contribution in [-0.4, -0.2) is 11.7 Å². The Morgan fingerprint density at radius 3 is 2.09 bits per heavy atom. The van der Waals surface area contributed by atoms with Gasteiger partial charge in [-0.05, 0) is 34.9 Å². The molecule has 1 aliphatic heterocycles. The van der Waals surface area contributed by atoms with E-state index in [-0.39, 0.29) is 6.17 Å². The first-order valence-electron chi connectivity index (χ1n) is 14.7. The molecule has 1 N–H and O–H groups in total. The lowest BCUT2D eigenvalue weighted by Gasteiger charge is -2.24. The highest BCUT2D eigenvalue weighted by Gasteiger charge is 2.25. The van der Waals surface area contributed by atoms with Crippen molar-refractivity contribution in [3.63, 3.8) is 0 Å². The Morgan fingerprint density at radius 1 is 0.614 bits per heavy atom. The monoisotopic (exact) mass is 583 g/mol. The smallest absolute Gasteiger partial charge is 0.159 e. The Hall–Kier alpha value is -5.52. The topological polar surface area (TPSA) is 49.9 Å². The molecule has 44 heavy (non-hydrogen) atoms. The van der Waals surface area contributed by atoms with E-state index in [2.05, 4.69) is 121 Å². The lowest BCUT2D eigenvalue weighted by Crippen LogP contribution is -2.33. The molecule has 0 fully saturated rings. The molecule has 5 heteroatoms. The molecule has 1 unspecified atom stereocenters. The summed E-state index contributed by atoms with van der Waals surface area (Å²) in [6, 6.07) is 48.4. The van der Waals surface area contributed by atoms with Crippen LogP contribution in [0.5, 0.6) is 0 Å². The van der Waals surface area contributed by atoms with Crippen LogP contribution in [0.4, 0.5) is 0 Å². The van der Waals surface area contributed by atoms with Crippen molar-refractivity contribution >= 4 is 65.1 Å². The Bertz CT molecular complexity index is 2400. The van der Waals surface area contributed by atoms with Crippen molar-refractivity contribution in [2.75, 3.05) is 0 Å². The van der Waals surface area contributed by atoms with Crippen molar-refractivity contribution in [2.24, 2.45) is 9.98 Å². The van der Waals surface area contributed by atoms with Gasteiger partial charge in [0.2, 0.25) is 0 Å². The second-order valence-electron chi connectivity index (χ2n) is 11.0. The van der Waals surface area contributed by atoms with Crippen molar-refractivity contribution < 1.29 is 4.42 Å². The van der Waals surface area contributed by atoms with E-state index < -0.39 is 0 Å². The Kier molecular flexibility index (Phi) is 5.71. The van der Waals surface area contributed by atoms with Crippen LogP contribution in [0.2, 0.25) is 0 Å². The molecule has 1 atom stereocenters. The van der Waals surface area contributed by atoms with Gasteiger partial charge >= 0.3 is 0 Å². The van der Waals surface area contributed by atoms with E-state index in [0.717, 1.165) is 60.1 Å². The van der Waals surface area contributed by atoms with Crippen molar-refractivity contribution in [1.82, 2.24) is 5.32 Å². The van der Waals surface area contributed by atoms with Gasteiger partial charge in [0.1, 0.15) is 23.2 Å². The second kappa shape index (κ2) is 10.0. The molecule has 0 saturated carbocycles. The maximum Gasteiger partial charge on any atom is 0.159 e. The van der Waals surface area contributed by atoms with E-state index in [1.165, 1.54) is 15.6 Å². The number of amidine groups is 2. The van der Waals surface area contributed by atoms with E-state index >= 15 is 0 Å². The normalized spacial score (nSPS) is 15.0. The molecule has 4 nitrogen and oxygen atoms in total. The Morgan fingerprint density at radius 2 is 1.27 bits per heavy atom. The molecule has 2 aromatic heterocycles. The van der Waals surface area contributed by atoms with Crippen LogP contribution in [0.1, 0.15) is 22.9 Å². The zero-order chi connectivity index (χ0) is 29.0. The summed E-state index contributed by atoms with van der Waals surface area (Å²) in [5.74, 6) is 1.51. The third-order valence-corrected chi connectivity index (χ3v) is 9.56. The van der Waals surface area contributed by atoms with Crippen LogP contribution in [0.3, 0.4) is 0 Å². The standard InChI is InChI=1S/C39H25N3OS/c1-3-11-24(12-4-1)25-19-21-27(22-20-25)38-40-37(26-13-5-2-6-14-26)41-39(42-38)31-23-30-28-15-7-9-17-32(28)43-35(30)34-29-16-8-10-18-33(29)44-36(31)34/h1-23,37H,(H,40,41,42). The zero-order valence-corrected chi connectivity index (χ0v) is 24.4. The van der Waals surface area contributed by atoms with Gasteiger partial charge in [0.15, 0.2) is 5.84 Å². The largest absolute Gasteiger partial charge is 0.455 e. The van der Waals surface area contributed by atoms with Gasteiger partial charge in [-0.3, -0.25) is 0 Å². The van der Waals surface area contributed by atoms with Crippen molar-refractivity contribution in [1.29, 1.82) is 0 Å². The summed E-state index contributed by atoms with van der Waals surface area (Å²) in [6.45, 7) is 0. The van der Waals surface area contributed by atoms with E-state index in [1.807, 2.05) is 24.3 Å². The van der Waals surface area contributed by atoms with E-state index in [0.29, 0.717) is 5.84 Å². The van der Waals surface area contributed by atoms with Gasteiger partial charge in [0.05, 0.1) is 4.70 Å². The quantitative estimate of drug-likeness (QED) is 0.224. The lowest BCUT2D eigenvalue weighted by atomic mass is 10.0. The van der Waals surface area contributed by atoms with Gasteiger partial charge in [0, 0.05) is 37.4 Å². The molecule has 208 valence electrons. The molecule has 0 saturated heterocycles. The first kappa shape index (κ1) is 25.0. The first-order valence-corrected chi connectivity index (χ1v) is 15.5. The number of hydrogen-bond donors (Lipinski definition) is 1. The second-order valence-corrected chi connectivity index (χ2v) is 12.1. The van der Waals surface area contributed by atoms with Crippen LogP contribution in [0.15, 0.2) is 154 Å². The number of hydrogen-bond acceptors (Lipinski definition) is 5. The van der Waals surface area contributed by atoms with Crippen LogP contribution in [0, 0.1) is 0 Å². The van der Waals surface area contributed by atoms with E-state index in [4.69, 9.17) is 14.4 Å². The number of nitrogens with one attached hydrogen (secondary N) is 1. The number of nitrogens with zero attached hydrogens (tertiary/aromatic N) is 2. The predicted molar refractivity (Wildman–Crippen MR) is 184 cm³/mol. The van der Waals surface area contributed by atoms with Crippen LogP contribution >= 0.6 is 11.3 Å². The summed E-state index contributed by atoms with van der Waals surface area (Å²) >= 11 is 1.78. The highest BCUT2D eigenvalue weighted by molar-refractivity contribution is 7.26. The summed E-state index contributed by atoms with van der Waals surface area (Å²) in [4.78, 5) is 10.4. The molecular formula is C39H25N3OS. The van der Waals surface area contributed by atoms with Crippen molar-refractivity contribution in [3.05, 3.63) is 156 Å². The van der Waals surface area contributed by atoms with Gasteiger partial charge in [-0.1, -0.05) is 121 Å². The van der Waals surface area contributed by atoms with E-state index in [1.54, 1.807) is 11.3 Å². The number of benzene rings is 6. The van der Waals surface area contributed by atoms with Gasteiger partial charge < -0.3 is 9.73 Å². The molecule has 3 heterocycles. The molecule has 0 bridgehead atoms. The average molecular weight is 584 g/mol. The molecule has 0 amide bonds. The third-order valence-electron chi connectivity index (χ3n) is 8.35. The summed E-state index contributed by atoms with van der Waals surface area (Å²) < 4.78 is 8.90. The summed E-state index contributed by atoms with van der Waals surface area (Å²) in [7, 11) is 0. The molecule has 6 aromatic carbocycles. The molecule has 0 aliphatic carbocycles. The van der Waals surface area contributed by atoms with Crippen LogP contribution < -0.4 is 5.32 Å². The van der Waals surface area contributed by atoms with Gasteiger partial charge in [-0.25, -0.2) is 9.98 Å². The maximum absolute atomic E-state index is 6.53. The fraction of sp³-hybridized carbons (Fsp3) is 0.0256. The fourth-order valence-corrected chi connectivity index (χ4v) is 7.42. The summed E-state index contributed by atoms with van der Waals surface area (Å²) in [5, 5.41) is 8.21. The minimum atomic E-state index is -0.284. The number of fused-ring (bicyclic) bond motifs is 7. The number of rotatable bonds is 4. The molecule has 9 rings (SSSR count). The van der Waals surface area contributed by atoms with Crippen molar-refractivity contribution in [2.45, 2.75) is 6.17 Å². The summed E-state index contributed by atoms with van der Waals surface area (Å²) in [6.07, 6.45) is -0.284. The predicted octanol–water partition coefficient (Wildman–Crippen LogP) is 10.1. The minimum absolute atomic E-state index is 0.284. The average Bonchev–Trinajstić information content (AvgIpc) is 3.67. The van der Waals surface area contributed by atoms with Gasteiger partial charge in [-0.15, -0.1) is 11.3 Å². The van der Waals surface area contributed by atoms with Gasteiger partial charge in [0.25, 0.3) is 0 Å². The Labute approximate surface area is 257 Å². The summed E-state index contributed by atoms with van der Waals surface area (Å²) in [5.41, 5.74) is 7.27. The molecule has 0 radical (unpaired) electrons. The van der Waals surface area contributed by atoms with Crippen molar-refractivity contribution in [3.8, 4) is 11.1 Å². The maximum atomic E-state index is 6.53. The number of furan rings is 1. The lowest BCUT2D eigenvalue weighted by molar-refractivity contribution is 0.672. The minimum Gasteiger partial charge on any atom is -0.455 e. The highest BCUT2D eigenvalue weighted by Crippen LogP contribution is 2.44. The number of para-hydroxylation sites is 1. The highest BCUT2D eigenvalue weighted by atomic mass is 32.1. The zero-order valence-electron chi connectivity index (χ0n) is 23.6. The Balaban J connectivity index is 1.27. The first-order chi connectivity index (χ1) is 21.8. The molecule has 8 aromatic rings.